The Hall–Kier alpha value is 1.53. The highest BCUT2D eigenvalue weighted by Crippen LogP contribution is 2.23. The molecule has 0 rings (SSSR count). The maximum absolute atomic E-state index is 6.16. The second kappa shape index (κ2) is 33.0. The fourth-order valence-electron chi connectivity index (χ4n) is 5.66. The number of unbranched alkanes of at least 4 members (excludes halogenated alkanes) is 30. The molecule has 0 aromatic heterocycles. The molecule has 0 aromatic carbocycles. The van der Waals surface area contributed by atoms with Crippen molar-refractivity contribution in [2.24, 2.45) is 0 Å². The zero-order valence-corrected chi connectivity index (χ0v) is 30.6. The molecular weight excluding hydrogens is 634 g/mol. The van der Waals surface area contributed by atoms with E-state index in [1.165, 1.54) is 203 Å². The Bertz CT molecular complexity index is 427. The highest BCUT2D eigenvalue weighted by molar-refractivity contribution is 14.1. The molecule has 0 spiro atoms. The molecule has 0 radical (unpaired) electrons. The van der Waals surface area contributed by atoms with E-state index in [1.54, 1.807) is 0 Å². The van der Waals surface area contributed by atoms with Crippen molar-refractivity contribution in [3.05, 3.63) is 0 Å². The molecule has 0 fully saturated rings. The molecule has 0 heterocycles. The second-order valence-corrected chi connectivity index (χ2v) is 21.8. The standard InChI is InChI=1S/C34H69Cl2ISi/c1-38(35,36)34-32-30-28-26-24-22-20-18-16-14-12-10-8-6-4-2-3-5-7-9-11-13-15-17-19-21-23-25-27-29-31-33-37/h2-34H2,1H3. The van der Waals surface area contributed by atoms with Crippen molar-refractivity contribution in [2.75, 3.05) is 4.43 Å². The Morgan fingerprint density at radius 1 is 0.316 bits per heavy atom. The van der Waals surface area contributed by atoms with E-state index in [-0.39, 0.29) is 0 Å². The van der Waals surface area contributed by atoms with Crippen LogP contribution in [0.3, 0.4) is 0 Å². The SMILES string of the molecule is C[Si](Cl)(Cl)CCCCCCCCCCCCCCCCCCCCCCCCCCCCCCCCCI. The Kier molecular flexibility index (Phi) is 34.4. The topological polar surface area (TPSA) is 0 Å². The Morgan fingerprint density at radius 2 is 0.474 bits per heavy atom. The van der Waals surface area contributed by atoms with E-state index in [0.29, 0.717) is 0 Å². The molecule has 0 N–H and O–H groups in total. The van der Waals surface area contributed by atoms with E-state index in [1.807, 2.05) is 6.55 Å². The van der Waals surface area contributed by atoms with E-state index in [0.717, 1.165) is 6.04 Å². The number of hydrogen-bond donors (Lipinski definition) is 0. The van der Waals surface area contributed by atoms with Gasteiger partial charge in [-0.3, -0.25) is 0 Å². The lowest BCUT2D eigenvalue weighted by Gasteiger charge is -2.09. The van der Waals surface area contributed by atoms with E-state index in [4.69, 9.17) is 22.2 Å². The first kappa shape index (κ1) is 39.5. The van der Waals surface area contributed by atoms with Crippen molar-refractivity contribution in [1.29, 1.82) is 0 Å². The minimum Gasteiger partial charge on any atom is -0.146 e. The predicted octanol–water partition coefficient (Wildman–Crippen LogP) is 15.1. The fourth-order valence-corrected chi connectivity index (χ4v) is 7.87. The van der Waals surface area contributed by atoms with Crippen LogP contribution in [0.5, 0.6) is 0 Å². The molecule has 230 valence electrons. The molecule has 0 aromatic rings. The lowest BCUT2D eigenvalue weighted by molar-refractivity contribution is 0.513. The third-order valence-corrected chi connectivity index (χ3v) is 11.4. The summed E-state index contributed by atoms with van der Waals surface area (Å²) in [7, 11) is 0. The number of alkyl halides is 1. The summed E-state index contributed by atoms with van der Waals surface area (Å²) in [5.74, 6) is 0. The largest absolute Gasteiger partial charge is 0.248 e. The van der Waals surface area contributed by atoms with Crippen LogP contribution in [-0.2, 0) is 0 Å². The van der Waals surface area contributed by atoms with Crippen LogP contribution in [0.15, 0.2) is 0 Å². The molecule has 0 aliphatic rings. The van der Waals surface area contributed by atoms with E-state index >= 15 is 0 Å². The molecular formula is C34H69Cl2ISi. The first-order chi connectivity index (χ1) is 18.6. The highest BCUT2D eigenvalue weighted by atomic mass is 127. The van der Waals surface area contributed by atoms with Crippen LogP contribution in [0.2, 0.25) is 12.6 Å². The van der Waals surface area contributed by atoms with E-state index < -0.39 is 6.69 Å². The monoisotopic (exact) mass is 702 g/mol. The minimum atomic E-state index is -1.84. The van der Waals surface area contributed by atoms with Gasteiger partial charge >= 0.3 is 0 Å². The quantitative estimate of drug-likeness (QED) is 0.0210. The summed E-state index contributed by atoms with van der Waals surface area (Å²) in [5, 5.41) is 0. The van der Waals surface area contributed by atoms with Gasteiger partial charge in [-0.1, -0.05) is 215 Å². The summed E-state index contributed by atoms with van der Waals surface area (Å²) < 4.78 is 1.34. The molecule has 0 aliphatic carbocycles. The van der Waals surface area contributed by atoms with Crippen molar-refractivity contribution < 1.29 is 0 Å². The van der Waals surface area contributed by atoms with Crippen LogP contribution in [0.4, 0.5) is 0 Å². The van der Waals surface area contributed by atoms with Gasteiger partial charge in [0, 0.05) is 0 Å². The van der Waals surface area contributed by atoms with Crippen LogP contribution in [0.1, 0.15) is 199 Å². The van der Waals surface area contributed by atoms with Crippen LogP contribution >= 0.6 is 44.7 Å². The summed E-state index contributed by atoms with van der Waals surface area (Å²) >= 11 is 14.8. The first-order valence-corrected chi connectivity index (χ1v) is 23.8. The molecule has 0 amide bonds. The lowest BCUT2D eigenvalue weighted by Crippen LogP contribution is -2.11. The zero-order valence-electron chi connectivity index (χ0n) is 26.0. The van der Waals surface area contributed by atoms with Crippen LogP contribution < -0.4 is 0 Å². The average molecular weight is 704 g/mol. The van der Waals surface area contributed by atoms with Gasteiger partial charge in [-0.05, 0) is 23.4 Å². The summed E-state index contributed by atoms with van der Waals surface area (Å²) in [5.41, 5.74) is 0. The molecule has 38 heavy (non-hydrogen) atoms. The fraction of sp³-hybridized carbons (Fsp3) is 1.00. The minimum absolute atomic E-state index is 1.07. The van der Waals surface area contributed by atoms with Gasteiger partial charge in [-0.25, -0.2) is 0 Å². The van der Waals surface area contributed by atoms with Crippen molar-refractivity contribution in [3.8, 4) is 0 Å². The van der Waals surface area contributed by atoms with Gasteiger partial charge in [0.15, 0.2) is 0 Å². The van der Waals surface area contributed by atoms with Crippen LogP contribution in [0, 0.1) is 0 Å². The maximum atomic E-state index is 6.16. The van der Waals surface area contributed by atoms with Crippen LogP contribution in [0.25, 0.3) is 0 Å². The van der Waals surface area contributed by atoms with Gasteiger partial charge in [0.1, 0.15) is 0 Å². The second-order valence-electron chi connectivity index (χ2n) is 12.5. The van der Waals surface area contributed by atoms with Crippen molar-refractivity contribution in [1.82, 2.24) is 0 Å². The van der Waals surface area contributed by atoms with Gasteiger partial charge < -0.3 is 0 Å². The summed E-state index contributed by atoms with van der Waals surface area (Å²) in [4.78, 5) is 0. The van der Waals surface area contributed by atoms with Gasteiger partial charge in [0.2, 0.25) is 6.69 Å². The molecule has 4 heteroatoms. The Labute approximate surface area is 265 Å². The normalized spacial score (nSPS) is 12.0. The van der Waals surface area contributed by atoms with E-state index in [2.05, 4.69) is 22.6 Å². The molecule has 0 atom stereocenters. The molecule has 0 saturated carbocycles. The van der Waals surface area contributed by atoms with Gasteiger partial charge in [0.25, 0.3) is 0 Å². The van der Waals surface area contributed by atoms with Crippen molar-refractivity contribution in [2.45, 2.75) is 212 Å². The number of rotatable bonds is 33. The van der Waals surface area contributed by atoms with Gasteiger partial charge in [0.05, 0.1) is 0 Å². The molecule has 0 saturated heterocycles. The Morgan fingerprint density at radius 3 is 0.632 bits per heavy atom. The smallest absolute Gasteiger partial charge is 0.146 e. The van der Waals surface area contributed by atoms with Gasteiger partial charge in [-0.15, -0.1) is 22.2 Å². The average Bonchev–Trinajstić information content (AvgIpc) is 2.88. The van der Waals surface area contributed by atoms with E-state index in [9.17, 15) is 0 Å². The summed E-state index contributed by atoms with van der Waals surface area (Å²) in [6, 6.07) is 1.07. The molecule has 0 bridgehead atoms. The Balaban J connectivity index is 3.04. The van der Waals surface area contributed by atoms with Crippen LogP contribution in [-0.4, -0.2) is 11.1 Å². The number of hydrogen-bond acceptors (Lipinski definition) is 0. The third kappa shape index (κ3) is 37.5. The number of halogens is 3. The summed E-state index contributed by atoms with van der Waals surface area (Å²) in [6.07, 6.45) is 45.1. The maximum Gasteiger partial charge on any atom is 0.248 e. The molecule has 0 unspecified atom stereocenters. The highest BCUT2D eigenvalue weighted by Gasteiger charge is 2.19. The lowest BCUT2D eigenvalue weighted by atomic mass is 10.0. The molecule has 0 nitrogen and oxygen atoms in total. The third-order valence-electron chi connectivity index (χ3n) is 8.25. The molecule has 0 aliphatic heterocycles. The van der Waals surface area contributed by atoms with Crippen molar-refractivity contribution >= 4 is 51.4 Å². The van der Waals surface area contributed by atoms with Gasteiger partial charge in [-0.2, -0.15) is 0 Å². The predicted molar refractivity (Wildman–Crippen MR) is 190 cm³/mol. The zero-order chi connectivity index (χ0) is 27.8. The summed E-state index contributed by atoms with van der Waals surface area (Å²) in [6.45, 7) is 0.203. The van der Waals surface area contributed by atoms with Crippen molar-refractivity contribution in [3.63, 3.8) is 0 Å². The first-order valence-electron chi connectivity index (χ1n) is 17.5.